The summed E-state index contributed by atoms with van der Waals surface area (Å²) in [7, 11) is 1.57. The Labute approximate surface area is 149 Å². The highest BCUT2D eigenvalue weighted by Gasteiger charge is 2.35. The van der Waals surface area contributed by atoms with E-state index in [-0.39, 0.29) is 5.78 Å². The predicted octanol–water partition coefficient (Wildman–Crippen LogP) is 5.41. The van der Waals surface area contributed by atoms with E-state index < -0.39 is 5.60 Å². The van der Waals surface area contributed by atoms with Crippen molar-refractivity contribution in [2.75, 3.05) is 7.11 Å². The fraction of sp³-hybridized carbons (Fsp3) is 0.174. The van der Waals surface area contributed by atoms with Gasteiger partial charge < -0.3 is 4.74 Å². The lowest BCUT2D eigenvalue weighted by Crippen LogP contribution is -2.34. The summed E-state index contributed by atoms with van der Waals surface area (Å²) >= 11 is 0. The molecule has 0 spiro atoms. The summed E-state index contributed by atoms with van der Waals surface area (Å²) in [6, 6.07) is 25.7. The minimum atomic E-state index is -0.993. The van der Waals surface area contributed by atoms with Gasteiger partial charge in [0.05, 0.1) is 0 Å². The molecule has 2 heteroatoms. The molecule has 3 aromatic rings. The van der Waals surface area contributed by atoms with Gasteiger partial charge in [-0.2, -0.15) is 0 Å². The summed E-state index contributed by atoms with van der Waals surface area (Å²) in [5, 5.41) is 0. The largest absolute Gasteiger partial charge is 0.366 e. The van der Waals surface area contributed by atoms with Crippen LogP contribution < -0.4 is 0 Å². The number of aryl methyl sites for hydroxylation is 1. The number of hydrogen-bond acceptors (Lipinski definition) is 2. The first kappa shape index (κ1) is 17.1. The molecule has 1 unspecified atom stereocenters. The van der Waals surface area contributed by atoms with Crippen molar-refractivity contribution in [1.82, 2.24) is 0 Å². The molecule has 0 aliphatic heterocycles. The monoisotopic (exact) mass is 330 g/mol. The Kier molecular flexibility index (Phi) is 4.82. The van der Waals surface area contributed by atoms with E-state index >= 15 is 0 Å². The van der Waals surface area contributed by atoms with E-state index in [2.05, 4.69) is 31.2 Å². The molecule has 0 aliphatic carbocycles. The van der Waals surface area contributed by atoms with E-state index in [1.165, 1.54) is 5.56 Å². The number of rotatable bonds is 5. The Morgan fingerprint density at radius 1 is 0.800 bits per heavy atom. The van der Waals surface area contributed by atoms with E-state index in [4.69, 9.17) is 4.74 Å². The standard InChI is InChI=1S/C23H22O2/c1-17-9-11-18(12-10-17)19-13-15-20(16-14-19)22(24)23(2,25-3)21-7-5-4-6-8-21/h4-16H,1-3H3. The van der Waals surface area contributed by atoms with Crippen molar-refractivity contribution in [1.29, 1.82) is 0 Å². The number of benzene rings is 3. The van der Waals surface area contributed by atoms with Crippen molar-refractivity contribution in [3.63, 3.8) is 0 Å². The van der Waals surface area contributed by atoms with Gasteiger partial charge in [-0.15, -0.1) is 0 Å². The lowest BCUT2D eigenvalue weighted by atomic mass is 9.87. The van der Waals surface area contributed by atoms with E-state index in [0.29, 0.717) is 5.56 Å². The molecule has 0 N–H and O–H groups in total. The highest BCUT2D eigenvalue weighted by atomic mass is 16.5. The summed E-state index contributed by atoms with van der Waals surface area (Å²) in [5.74, 6) is -0.0448. The maximum Gasteiger partial charge on any atom is 0.198 e. The van der Waals surface area contributed by atoms with Crippen LogP contribution in [0.3, 0.4) is 0 Å². The molecule has 3 aromatic carbocycles. The second kappa shape index (κ2) is 7.04. The maximum atomic E-state index is 13.1. The molecule has 0 saturated carbocycles. The highest BCUT2D eigenvalue weighted by Crippen LogP contribution is 2.30. The first-order valence-electron chi connectivity index (χ1n) is 8.37. The number of hydrogen-bond donors (Lipinski definition) is 0. The zero-order valence-corrected chi connectivity index (χ0v) is 14.8. The van der Waals surface area contributed by atoms with Crippen LogP contribution in [-0.2, 0) is 10.3 Å². The first-order chi connectivity index (χ1) is 12.0. The Morgan fingerprint density at radius 3 is 1.84 bits per heavy atom. The van der Waals surface area contributed by atoms with Crippen LogP contribution in [0.1, 0.15) is 28.4 Å². The molecule has 0 bridgehead atoms. The van der Waals surface area contributed by atoms with Crippen molar-refractivity contribution < 1.29 is 9.53 Å². The number of ether oxygens (including phenoxy) is 1. The van der Waals surface area contributed by atoms with Crippen LogP contribution in [0, 0.1) is 6.92 Å². The molecule has 0 aliphatic rings. The SMILES string of the molecule is COC(C)(C(=O)c1ccc(-c2ccc(C)cc2)cc1)c1ccccc1. The average molecular weight is 330 g/mol. The second-order valence-electron chi connectivity index (χ2n) is 6.38. The Bertz CT molecular complexity index is 849. The second-order valence-corrected chi connectivity index (χ2v) is 6.38. The molecule has 0 amide bonds. The number of carbonyl (C=O) groups is 1. The van der Waals surface area contributed by atoms with Gasteiger partial charge in [0, 0.05) is 12.7 Å². The summed E-state index contributed by atoms with van der Waals surface area (Å²) in [6.45, 7) is 3.89. The van der Waals surface area contributed by atoms with Gasteiger partial charge in [-0.1, -0.05) is 84.4 Å². The Hall–Kier alpha value is -2.71. The molecule has 0 heterocycles. The fourth-order valence-electron chi connectivity index (χ4n) is 2.93. The zero-order valence-electron chi connectivity index (χ0n) is 14.8. The quantitative estimate of drug-likeness (QED) is 0.585. The van der Waals surface area contributed by atoms with Gasteiger partial charge in [0.2, 0.25) is 0 Å². The van der Waals surface area contributed by atoms with Crippen LogP contribution in [0.25, 0.3) is 11.1 Å². The highest BCUT2D eigenvalue weighted by molar-refractivity contribution is 6.03. The third kappa shape index (κ3) is 3.40. The molecule has 126 valence electrons. The van der Waals surface area contributed by atoms with Crippen molar-refractivity contribution >= 4 is 5.78 Å². The van der Waals surface area contributed by atoms with E-state index in [1.54, 1.807) is 7.11 Å². The molecule has 0 radical (unpaired) electrons. The van der Waals surface area contributed by atoms with E-state index in [1.807, 2.05) is 61.5 Å². The molecule has 0 aromatic heterocycles. The van der Waals surface area contributed by atoms with Gasteiger partial charge in [-0.3, -0.25) is 4.79 Å². The van der Waals surface area contributed by atoms with Gasteiger partial charge in [-0.05, 0) is 30.5 Å². The molecule has 0 saturated heterocycles. The van der Waals surface area contributed by atoms with Crippen LogP contribution in [0.2, 0.25) is 0 Å². The zero-order chi connectivity index (χ0) is 17.9. The normalized spacial score (nSPS) is 13.2. The number of carbonyl (C=O) groups excluding carboxylic acids is 1. The summed E-state index contributed by atoms with van der Waals surface area (Å²) in [6.07, 6.45) is 0. The van der Waals surface area contributed by atoms with Crippen LogP contribution in [0.5, 0.6) is 0 Å². The minimum absolute atomic E-state index is 0.0448. The summed E-state index contributed by atoms with van der Waals surface area (Å²) in [4.78, 5) is 13.1. The van der Waals surface area contributed by atoms with Crippen LogP contribution in [0.4, 0.5) is 0 Å². The van der Waals surface area contributed by atoms with Crippen LogP contribution in [0.15, 0.2) is 78.9 Å². The molecule has 3 rings (SSSR count). The molecular weight excluding hydrogens is 308 g/mol. The number of ketones is 1. The summed E-state index contributed by atoms with van der Waals surface area (Å²) in [5.41, 5.74) is 3.97. The lowest BCUT2D eigenvalue weighted by Gasteiger charge is -2.27. The van der Waals surface area contributed by atoms with Gasteiger partial charge in [0.15, 0.2) is 11.4 Å². The summed E-state index contributed by atoms with van der Waals surface area (Å²) < 4.78 is 5.62. The number of methoxy groups -OCH3 is 1. The molecule has 0 fully saturated rings. The predicted molar refractivity (Wildman–Crippen MR) is 102 cm³/mol. The van der Waals surface area contributed by atoms with Gasteiger partial charge in [-0.25, -0.2) is 0 Å². The topological polar surface area (TPSA) is 26.3 Å². The molecule has 1 atom stereocenters. The first-order valence-corrected chi connectivity index (χ1v) is 8.37. The lowest BCUT2D eigenvalue weighted by molar-refractivity contribution is 0.0101. The van der Waals surface area contributed by atoms with Crippen molar-refractivity contribution in [2.24, 2.45) is 0 Å². The third-order valence-electron chi connectivity index (χ3n) is 4.70. The van der Waals surface area contributed by atoms with Crippen molar-refractivity contribution in [2.45, 2.75) is 19.4 Å². The average Bonchev–Trinajstić information content (AvgIpc) is 2.68. The van der Waals surface area contributed by atoms with Gasteiger partial charge >= 0.3 is 0 Å². The van der Waals surface area contributed by atoms with E-state index in [9.17, 15) is 4.79 Å². The molecular formula is C23H22O2. The van der Waals surface area contributed by atoms with Gasteiger partial charge in [0.1, 0.15) is 0 Å². The maximum absolute atomic E-state index is 13.1. The van der Waals surface area contributed by atoms with Crippen LogP contribution >= 0.6 is 0 Å². The van der Waals surface area contributed by atoms with Gasteiger partial charge in [0.25, 0.3) is 0 Å². The Balaban J connectivity index is 1.91. The molecule has 2 nitrogen and oxygen atoms in total. The third-order valence-corrected chi connectivity index (χ3v) is 4.70. The van der Waals surface area contributed by atoms with Crippen molar-refractivity contribution in [3.8, 4) is 11.1 Å². The smallest absolute Gasteiger partial charge is 0.198 e. The van der Waals surface area contributed by atoms with Crippen molar-refractivity contribution in [3.05, 3.63) is 95.6 Å². The number of Topliss-reactive ketones (excluding diaryl/α,β-unsaturated/α-hetero) is 1. The van der Waals surface area contributed by atoms with E-state index in [0.717, 1.165) is 16.7 Å². The molecule has 25 heavy (non-hydrogen) atoms. The van der Waals surface area contributed by atoms with Crippen LogP contribution in [-0.4, -0.2) is 12.9 Å². The minimum Gasteiger partial charge on any atom is -0.366 e. The fourth-order valence-corrected chi connectivity index (χ4v) is 2.93. The Morgan fingerprint density at radius 2 is 1.32 bits per heavy atom.